The van der Waals surface area contributed by atoms with E-state index in [1.54, 1.807) is 0 Å². The molecule has 0 aliphatic rings. The summed E-state index contributed by atoms with van der Waals surface area (Å²) in [7, 11) is 0. The van der Waals surface area contributed by atoms with E-state index in [2.05, 4.69) is 57.1 Å². The number of ether oxygens (including phenoxy) is 1. The van der Waals surface area contributed by atoms with Crippen molar-refractivity contribution in [3.8, 4) is 17.5 Å². The minimum absolute atomic E-state index is 0.0609. The summed E-state index contributed by atoms with van der Waals surface area (Å²) in [5.74, 6) is 0.271. The first kappa shape index (κ1) is 27.0. The highest BCUT2D eigenvalue weighted by Gasteiger charge is 2.20. The first-order valence-electron chi connectivity index (χ1n) is 12.9. The van der Waals surface area contributed by atoms with E-state index >= 15 is 0 Å². The van der Waals surface area contributed by atoms with Crippen molar-refractivity contribution < 1.29 is 13.9 Å². The number of carbonyl (C=O) groups excluding carboxylic acids is 1. The number of esters is 1. The van der Waals surface area contributed by atoms with Gasteiger partial charge in [-0.2, -0.15) is 5.26 Å². The van der Waals surface area contributed by atoms with Crippen LogP contribution in [0.25, 0.3) is 22.6 Å². The zero-order valence-corrected chi connectivity index (χ0v) is 22.1. The molecule has 0 aliphatic heterocycles. The number of carbonyl (C=O) groups is 1. The zero-order chi connectivity index (χ0) is 26.1. The van der Waals surface area contributed by atoms with E-state index in [-0.39, 0.29) is 11.0 Å². The number of benzene rings is 2. The van der Waals surface area contributed by atoms with Crippen LogP contribution >= 0.6 is 0 Å². The molecular weight excluding hydrogens is 450 g/mol. The maximum absolute atomic E-state index is 12.3. The minimum atomic E-state index is -0.603. The van der Waals surface area contributed by atoms with Gasteiger partial charge in [0.2, 0.25) is 5.89 Å². The molecule has 1 atom stereocenters. The molecular formula is C30H37N3O3. The van der Waals surface area contributed by atoms with Crippen LogP contribution in [0.4, 0.5) is 5.69 Å². The van der Waals surface area contributed by atoms with E-state index in [4.69, 9.17) is 9.15 Å². The molecule has 0 radical (unpaired) electrons. The van der Waals surface area contributed by atoms with E-state index in [0.29, 0.717) is 18.4 Å². The summed E-state index contributed by atoms with van der Waals surface area (Å²) in [6, 6.07) is 15.6. The summed E-state index contributed by atoms with van der Waals surface area (Å²) in [6.45, 7) is 11.2. The topological polar surface area (TPSA) is 88.2 Å². The number of nitrogens with one attached hydrogen (secondary N) is 1. The van der Waals surface area contributed by atoms with Crippen LogP contribution in [-0.2, 0) is 14.9 Å². The smallest absolute Gasteiger partial charge is 0.350 e. The highest BCUT2D eigenvalue weighted by Crippen LogP contribution is 2.31. The van der Waals surface area contributed by atoms with Gasteiger partial charge in [-0.1, -0.05) is 59.9 Å². The lowest BCUT2D eigenvalue weighted by Crippen LogP contribution is -2.15. The summed E-state index contributed by atoms with van der Waals surface area (Å²) in [6.07, 6.45) is 6.61. The molecule has 0 bridgehead atoms. The Morgan fingerprint density at radius 1 is 1.19 bits per heavy atom. The lowest BCUT2D eigenvalue weighted by Gasteiger charge is -2.22. The van der Waals surface area contributed by atoms with Gasteiger partial charge in [0.05, 0.1) is 6.61 Å². The van der Waals surface area contributed by atoms with E-state index in [1.807, 2.05) is 36.4 Å². The number of rotatable bonds is 12. The van der Waals surface area contributed by atoms with Gasteiger partial charge < -0.3 is 14.5 Å². The van der Waals surface area contributed by atoms with Gasteiger partial charge in [-0.15, -0.1) is 0 Å². The Bertz CT molecular complexity index is 1230. The van der Waals surface area contributed by atoms with Crippen molar-refractivity contribution in [1.82, 2.24) is 4.98 Å². The van der Waals surface area contributed by atoms with Gasteiger partial charge in [-0.05, 0) is 66.1 Å². The van der Waals surface area contributed by atoms with Crippen molar-refractivity contribution in [1.29, 1.82) is 5.26 Å². The van der Waals surface area contributed by atoms with Crippen molar-refractivity contribution in [2.24, 2.45) is 5.92 Å². The van der Waals surface area contributed by atoms with Gasteiger partial charge in [-0.25, -0.2) is 9.78 Å². The summed E-state index contributed by atoms with van der Waals surface area (Å²) < 4.78 is 11.4. The van der Waals surface area contributed by atoms with Crippen molar-refractivity contribution >= 4 is 22.8 Å². The number of hydrogen-bond donors (Lipinski definition) is 1. The van der Waals surface area contributed by atoms with E-state index in [9.17, 15) is 10.1 Å². The number of aromatic nitrogens is 1. The number of unbranched alkanes of at least 4 members (excludes halogenated alkanes) is 1. The first-order valence-corrected chi connectivity index (χ1v) is 12.9. The number of nitrogens with zero attached hydrogens (tertiary/aromatic N) is 2. The molecule has 0 saturated carbocycles. The lowest BCUT2D eigenvalue weighted by atomic mass is 9.82. The highest BCUT2D eigenvalue weighted by molar-refractivity contribution is 5.93. The fourth-order valence-electron chi connectivity index (χ4n) is 3.85. The second-order valence-corrected chi connectivity index (χ2v) is 9.85. The van der Waals surface area contributed by atoms with Crippen LogP contribution in [0.3, 0.4) is 0 Å². The van der Waals surface area contributed by atoms with E-state index in [1.165, 1.54) is 11.8 Å². The van der Waals surface area contributed by atoms with Crippen molar-refractivity contribution in [2.45, 2.75) is 72.1 Å². The number of nitriles is 1. The van der Waals surface area contributed by atoms with Gasteiger partial charge in [0.25, 0.3) is 0 Å². The number of oxazole rings is 1. The van der Waals surface area contributed by atoms with Crippen molar-refractivity contribution in [2.75, 3.05) is 11.9 Å². The third kappa shape index (κ3) is 6.75. The Hall–Kier alpha value is -3.59. The molecule has 2 aromatic carbocycles. The molecule has 1 heterocycles. The van der Waals surface area contributed by atoms with Gasteiger partial charge in [0.1, 0.15) is 11.6 Å². The Kier molecular flexibility index (Phi) is 9.30. The van der Waals surface area contributed by atoms with Crippen LogP contribution in [0, 0.1) is 17.2 Å². The SMILES string of the molecule is CCCCC(CC)COC(=O)/C(C#N)=C\Nc1ccc(-c2nc3cc(C(C)(C)CC)ccc3o2)cc1. The lowest BCUT2D eigenvalue weighted by molar-refractivity contribution is -0.140. The van der Waals surface area contributed by atoms with Crippen molar-refractivity contribution in [3.05, 3.63) is 59.8 Å². The van der Waals surface area contributed by atoms with Crippen LogP contribution < -0.4 is 5.32 Å². The number of fused-ring (bicyclic) bond motifs is 1. The Balaban J connectivity index is 1.66. The van der Waals surface area contributed by atoms with Gasteiger partial charge in [0.15, 0.2) is 11.2 Å². The second kappa shape index (κ2) is 12.4. The second-order valence-electron chi connectivity index (χ2n) is 9.85. The Labute approximate surface area is 214 Å². The van der Waals surface area contributed by atoms with Crippen LogP contribution in [0.2, 0.25) is 0 Å². The molecule has 190 valence electrons. The number of hydrogen-bond acceptors (Lipinski definition) is 6. The third-order valence-electron chi connectivity index (χ3n) is 6.90. The quantitative estimate of drug-likeness (QED) is 0.159. The summed E-state index contributed by atoms with van der Waals surface area (Å²) in [5, 5.41) is 12.4. The fourth-order valence-corrected chi connectivity index (χ4v) is 3.85. The van der Waals surface area contributed by atoms with Gasteiger partial charge in [0, 0.05) is 17.5 Å². The Morgan fingerprint density at radius 2 is 1.94 bits per heavy atom. The number of anilines is 1. The van der Waals surface area contributed by atoms with Crippen LogP contribution in [-0.4, -0.2) is 17.6 Å². The maximum atomic E-state index is 12.3. The molecule has 1 aromatic heterocycles. The Morgan fingerprint density at radius 3 is 2.58 bits per heavy atom. The largest absolute Gasteiger partial charge is 0.461 e. The zero-order valence-electron chi connectivity index (χ0n) is 22.1. The summed E-state index contributed by atoms with van der Waals surface area (Å²) in [5.41, 5.74) is 4.42. The normalized spacial score (nSPS) is 12.8. The molecule has 0 aliphatic carbocycles. The van der Waals surface area contributed by atoms with E-state index in [0.717, 1.165) is 54.5 Å². The monoisotopic (exact) mass is 487 g/mol. The molecule has 6 heteroatoms. The fraction of sp³-hybridized carbons (Fsp3) is 0.433. The molecule has 0 amide bonds. The molecule has 1 unspecified atom stereocenters. The van der Waals surface area contributed by atoms with Crippen LogP contribution in [0.1, 0.15) is 72.3 Å². The highest BCUT2D eigenvalue weighted by atomic mass is 16.5. The summed E-state index contributed by atoms with van der Waals surface area (Å²) >= 11 is 0. The molecule has 0 saturated heterocycles. The van der Waals surface area contributed by atoms with Gasteiger partial charge >= 0.3 is 5.97 Å². The van der Waals surface area contributed by atoms with Gasteiger partial charge in [-0.3, -0.25) is 0 Å². The molecule has 1 N–H and O–H groups in total. The molecule has 6 nitrogen and oxygen atoms in total. The predicted molar refractivity (Wildman–Crippen MR) is 144 cm³/mol. The minimum Gasteiger partial charge on any atom is -0.461 e. The van der Waals surface area contributed by atoms with Crippen LogP contribution in [0.5, 0.6) is 0 Å². The maximum Gasteiger partial charge on any atom is 0.350 e. The molecule has 0 spiro atoms. The molecule has 3 rings (SSSR count). The predicted octanol–water partition coefficient (Wildman–Crippen LogP) is 7.76. The first-order chi connectivity index (χ1) is 17.3. The molecule has 0 fully saturated rings. The summed E-state index contributed by atoms with van der Waals surface area (Å²) in [4.78, 5) is 17.0. The van der Waals surface area contributed by atoms with Crippen LogP contribution in [0.15, 0.2) is 58.7 Å². The standard InChI is InChI=1S/C30H37N3O3/c1-6-9-10-21(7-2)20-35-29(34)23(18-31)19-32-25-14-11-22(12-15-25)28-33-26-17-24(30(4,5)8-3)13-16-27(26)36-28/h11-17,19,21,32H,6-10,20H2,1-5H3/b23-19-. The molecule has 36 heavy (non-hydrogen) atoms. The van der Waals surface area contributed by atoms with E-state index < -0.39 is 5.97 Å². The average Bonchev–Trinajstić information content (AvgIpc) is 3.33. The van der Waals surface area contributed by atoms with Crippen molar-refractivity contribution in [3.63, 3.8) is 0 Å². The average molecular weight is 488 g/mol. The molecule has 3 aromatic rings. The third-order valence-corrected chi connectivity index (χ3v) is 6.90.